The van der Waals surface area contributed by atoms with Gasteiger partial charge in [0, 0.05) is 22.3 Å². The van der Waals surface area contributed by atoms with E-state index < -0.39 is 0 Å². The van der Waals surface area contributed by atoms with Crippen LogP contribution in [0.25, 0.3) is 11.3 Å². The third-order valence-electron chi connectivity index (χ3n) is 3.69. The van der Waals surface area contributed by atoms with Gasteiger partial charge >= 0.3 is 0 Å². The lowest BCUT2D eigenvalue weighted by Crippen LogP contribution is -2.15. The Bertz CT molecular complexity index is 869. The number of halogens is 1. The SMILES string of the molecule is Cc1ccc(NC(=O)Cc2cc(-c3ccc(Cl)cc3)on2)c(C)c1. The van der Waals surface area contributed by atoms with Crippen LogP contribution >= 0.6 is 11.6 Å². The summed E-state index contributed by atoms with van der Waals surface area (Å²) in [7, 11) is 0. The lowest BCUT2D eigenvalue weighted by molar-refractivity contribution is -0.115. The van der Waals surface area contributed by atoms with Gasteiger partial charge in [-0.25, -0.2) is 0 Å². The topological polar surface area (TPSA) is 55.1 Å². The fourth-order valence-electron chi connectivity index (χ4n) is 2.46. The van der Waals surface area contributed by atoms with Crippen molar-refractivity contribution in [3.8, 4) is 11.3 Å². The minimum absolute atomic E-state index is 0.127. The van der Waals surface area contributed by atoms with Crippen molar-refractivity contribution in [1.82, 2.24) is 5.16 Å². The molecule has 3 aromatic rings. The Morgan fingerprint density at radius 1 is 1.12 bits per heavy atom. The zero-order valence-corrected chi connectivity index (χ0v) is 14.2. The van der Waals surface area contributed by atoms with Crippen molar-refractivity contribution in [2.45, 2.75) is 20.3 Å². The molecule has 1 amide bonds. The molecule has 0 atom stereocenters. The molecule has 1 heterocycles. The normalized spacial score (nSPS) is 10.6. The highest BCUT2D eigenvalue weighted by Crippen LogP contribution is 2.23. The first-order valence-corrected chi connectivity index (χ1v) is 7.98. The summed E-state index contributed by atoms with van der Waals surface area (Å²) in [6.07, 6.45) is 0.157. The van der Waals surface area contributed by atoms with Crippen molar-refractivity contribution >= 4 is 23.2 Å². The van der Waals surface area contributed by atoms with Gasteiger partial charge in [-0.15, -0.1) is 0 Å². The number of rotatable bonds is 4. The Hall–Kier alpha value is -2.59. The molecule has 5 heteroatoms. The molecular weight excluding hydrogens is 324 g/mol. The van der Waals surface area contributed by atoms with Crippen LogP contribution < -0.4 is 5.32 Å². The summed E-state index contributed by atoms with van der Waals surface area (Å²) in [5.74, 6) is 0.485. The monoisotopic (exact) mass is 340 g/mol. The van der Waals surface area contributed by atoms with Gasteiger partial charge in [-0.1, -0.05) is 34.5 Å². The summed E-state index contributed by atoms with van der Waals surface area (Å²) in [6, 6.07) is 14.9. The summed E-state index contributed by atoms with van der Waals surface area (Å²) >= 11 is 5.87. The number of hydrogen-bond acceptors (Lipinski definition) is 3. The maximum atomic E-state index is 12.2. The zero-order chi connectivity index (χ0) is 17.1. The van der Waals surface area contributed by atoms with E-state index in [0.717, 1.165) is 22.4 Å². The lowest BCUT2D eigenvalue weighted by Gasteiger charge is -2.08. The number of benzene rings is 2. The number of nitrogens with zero attached hydrogens (tertiary/aromatic N) is 1. The third kappa shape index (κ3) is 3.84. The molecule has 2 aromatic carbocycles. The summed E-state index contributed by atoms with van der Waals surface area (Å²) in [5, 5.41) is 7.53. The molecule has 4 nitrogen and oxygen atoms in total. The van der Waals surface area contributed by atoms with Crippen LogP contribution in [0.4, 0.5) is 5.69 Å². The van der Waals surface area contributed by atoms with Crippen molar-refractivity contribution in [2.24, 2.45) is 0 Å². The van der Waals surface area contributed by atoms with Crippen LogP contribution in [-0.2, 0) is 11.2 Å². The fraction of sp³-hybridized carbons (Fsp3) is 0.158. The maximum Gasteiger partial charge on any atom is 0.230 e. The molecule has 0 fully saturated rings. The molecule has 24 heavy (non-hydrogen) atoms. The molecule has 0 saturated heterocycles. The highest BCUT2D eigenvalue weighted by molar-refractivity contribution is 6.30. The number of anilines is 1. The predicted molar refractivity (Wildman–Crippen MR) is 95.2 cm³/mol. The van der Waals surface area contributed by atoms with Gasteiger partial charge in [0.05, 0.1) is 12.1 Å². The second kappa shape index (κ2) is 6.89. The van der Waals surface area contributed by atoms with Crippen LogP contribution in [0.3, 0.4) is 0 Å². The van der Waals surface area contributed by atoms with Crippen LogP contribution in [0, 0.1) is 13.8 Å². The largest absolute Gasteiger partial charge is 0.356 e. The van der Waals surface area contributed by atoms with Crippen molar-refractivity contribution < 1.29 is 9.32 Å². The Kier molecular flexibility index (Phi) is 4.67. The number of amides is 1. The number of carbonyl (C=O) groups is 1. The van der Waals surface area contributed by atoms with E-state index in [0.29, 0.717) is 16.5 Å². The first-order chi connectivity index (χ1) is 11.5. The van der Waals surface area contributed by atoms with Crippen LogP contribution in [0.15, 0.2) is 53.1 Å². The summed E-state index contributed by atoms with van der Waals surface area (Å²) in [4.78, 5) is 12.2. The van der Waals surface area contributed by atoms with E-state index in [1.807, 2.05) is 44.2 Å². The highest BCUT2D eigenvalue weighted by Gasteiger charge is 2.11. The number of carbonyl (C=O) groups excluding carboxylic acids is 1. The van der Waals surface area contributed by atoms with Crippen molar-refractivity contribution in [3.63, 3.8) is 0 Å². The van der Waals surface area contributed by atoms with Gasteiger partial charge in [0.15, 0.2) is 5.76 Å². The van der Waals surface area contributed by atoms with Gasteiger partial charge in [0.25, 0.3) is 0 Å². The summed E-state index contributed by atoms with van der Waals surface area (Å²) < 4.78 is 5.31. The molecule has 0 aliphatic carbocycles. The van der Waals surface area contributed by atoms with E-state index in [1.54, 1.807) is 18.2 Å². The van der Waals surface area contributed by atoms with Gasteiger partial charge in [-0.3, -0.25) is 4.79 Å². The van der Waals surface area contributed by atoms with Crippen LogP contribution in [0.2, 0.25) is 5.02 Å². The molecule has 122 valence electrons. The van der Waals surface area contributed by atoms with Gasteiger partial charge in [0.1, 0.15) is 0 Å². The third-order valence-corrected chi connectivity index (χ3v) is 3.94. The van der Waals surface area contributed by atoms with Crippen LogP contribution in [0.5, 0.6) is 0 Å². The Balaban J connectivity index is 1.68. The van der Waals surface area contributed by atoms with Crippen molar-refractivity contribution in [2.75, 3.05) is 5.32 Å². The quantitative estimate of drug-likeness (QED) is 0.742. The van der Waals surface area contributed by atoms with Crippen LogP contribution in [-0.4, -0.2) is 11.1 Å². The van der Waals surface area contributed by atoms with E-state index in [1.165, 1.54) is 0 Å². The van der Waals surface area contributed by atoms with E-state index in [9.17, 15) is 4.79 Å². The van der Waals surface area contributed by atoms with E-state index >= 15 is 0 Å². The molecule has 0 aliphatic rings. The van der Waals surface area contributed by atoms with Crippen molar-refractivity contribution in [3.05, 3.63) is 70.4 Å². The molecule has 0 spiro atoms. The van der Waals surface area contributed by atoms with Gasteiger partial charge in [-0.2, -0.15) is 0 Å². The number of aryl methyl sites for hydroxylation is 2. The standard InChI is InChI=1S/C19H17ClN2O2/c1-12-3-8-17(13(2)9-12)21-19(23)11-16-10-18(24-22-16)14-4-6-15(20)7-5-14/h3-10H,11H2,1-2H3,(H,21,23). The maximum absolute atomic E-state index is 12.2. The Labute approximate surface area is 145 Å². The molecule has 0 saturated carbocycles. The van der Waals surface area contributed by atoms with Gasteiger partial charge in [0.2, 0.25) is 5.91 Å². The first-order valence-electron chi connectivity index (χ1n) is 7.60. The Morgan fingerprint density at radius 3 is 2.58 bits per heavy atom. The predicted octanol–water partition coefficient (Wildman–Crippen LogP) is 4.79. The van der Waals surface area contributed by atoms with E-state index in [2.05, 4.69) is 10.5 Å². The second-order valence-corrected chi connectivity index (χ2v) is 6.17. The molecule has 1 N–H and O–H groups in total. The zero-order valence-electron chi connectivity index (χ0n) is 13.5. The lowest BCUT2D eigenvalue weighted by atomic mass is 10.1. The van der Waals surface area contributed by atoms with E-state index in [4.69, 9.17) is 16.1 Å². The molecular formula is C19H17ClN2O2. The smallest absolute Gasteiger partial charge is 0.230 e. The number of nitrogens with one attached hydrogen (secondary N) is 1. The van der Waals surface area contributed by atoms with Crippen molar-refractivity contribution in [1.29, 1.82) is 0 Å². The number of aromatic nitrogens is 1. The minimum Gasteiger partial charge on any atom is -0.356 e. The van der Waals surface area contributed by atoms with Gasteiger partial charge in [-0.05, 0) is 49.7 Å². The van der Waals surface area contributed by atoms with Crippen LogP contribution in [0.1, 0.15) is 16.8 Å². The van der Waals surface area contributed by atoms with Gasteiger partial charge < -0.3 is 9.84 Å². The van der Waals surface area contributed by atoms with E-state index in [-0.39, 0.29) is 12.3 Å². The molecule has 0 radical (unpaired) electrons. The molecule has 3 rings (SSSR count). The molecule has 0 bridgehead atoms. The molecule has 0 unspecified atom stereocenters. The molecule has 0 aliphatic heterocycles. The summed E-state index contributed by atoms with van der Waals surface area (Å²) in [5.41, 5.74) is 4.46. The summed E-state index contributed by atoms with van der Waals surface area (Å²) in [6.45, 7) is 3.99. The molecule has 1 aromatic heterocycles. The average Bonchev–Trinajstić information content (AvgIpc) is 2.99. The fourth-order valence-corrected chi connectivity index (χ4v) is 2.58. The second-order valence-electron chi connectivity index (χ2n) is 5.73. The minimum atomic E-state index is -0.127. The average molecular weight is 341 g/mol. The Morgan fingerprint density at radius 2 is 1.88 bits per heavy atom. The highest BCUT2D eigenvalue weighted by atomic mass is 35.5. The number of hydrogen-bond donors (Lipinski definition) is 1. The first kappa shape index (κ1) is 16.3.